The van der Waals surface area contributed by atoms with Crippen LogP contribution in [-0.2, 0) is 4.79 Å². The molecule has 6 nitrogen and oxygen atoms in total. The maximum absolute atomic E-state index is 12.2. The number of hydrogen-bond acceptors (Lipinski definition) is 5. The Bertz CT molecular complexity index is 755. The first kappa shape index (κ1) is 19.4. The first-order chi connectivity index (χ1) is 13.1. The largest absolute Gasteiger partial charge is 0.368 e. The van der Waals surface area contributed by atoms with Crippen LogP contribution in [0.5, 0.6) is 0 Å². The minimum Gasteiger partial charge on any atom is -0.368 e. The van der Waals surface area contributed by atoms with Gasteiger partial charge in [0, 0.05) is 42.8 Å². The molecule has 1 aromatic heterocycles. The molecule has 1 amide bonds. The molecule has 2 aromatic rings. The van der Waals surface area contributed by atoms with Crippen molar-refractivity contribution in [3.63, 3.8) is 0 Å². The summed E-state index contributed by atoms with van der Waals surface area (Å²) in [4.78, 5) is 16.7. The lowest BCUT2D eigenvalue weighted by Gasteiger charge is -2.36. The molecule has 144 valence electrons. The van der Waals surface area contributed by atoms with E-state index < -0.39 is 0 Å². The number of nitrogens with one attached hydrogen (secondary N) is 1. The van der Waals surface area contributed by atoms with Crippen LogP contribution in [0.1, 0.15) is 26.7 Å². The molecule has 0 unspecified atom stereocenters. The van der Waals surface area contributed by atoms with Gasteiger partial charge >= 0.3 is 0 Å². The van der Waals surface area contributed by atoms with Crippen molar-refractivity contribution >= 4 is 34.8 Å². The second kappa shape index (κ2) is 9.04. The second-order valence-electron chi connectivity index (χ2n) is 6.73. The standard InChI is InChI=1S/C20H26ClN5O/c1-3-15(4-2)20(27)22-18-8-9-19(24-23-18)26-12-10-25(11-13-26)17-7-5-6-16(21)14-17/h5-9,14-15H,3-4,10-13H2,1-2H3,(H,22,23,27). The first-order valence-corrected chi connectivity index (χ1v) is 9.88. The number of halogens is 1. The smallest absolute Gasteiger partial charge is 0.228 e. The van der Waals surface area contributed by atoms with Gasteiger partial charge in [-0.2, -0.15) is 0 Å². The molecule has 0 atom stereocenters. The fourth-order valence-electron chi connectivity index (χ4n) is 3.31. The molecule has 2 heterocycles. The van der Waals surface area contributed by atoms with Crippen LogP contribution in [0.15, 0.2) is 36.4 Å². The summed E-state index contributed by atoms with van der Waals surface area (Å²) < 4.78 is 0. The molecular weight excluding hydrogens is 362 g/mol. The fourth-order valence-corrected chi connectivity index (χ4v) is 3.50. The van der Waals surface area contributed by atoms with Gasteiger partial charge in [0.2, 0.25) is 5.91 Å². The maximum atomic E-state index is 12.2. The number of carbonyl (C=O) groups excluding carboxylic acids is 1. The first-order valence-electron chi connectivity index (χ1n) is 9.50. The van der Waals surface area contributed by atoms with E-state index in [1.165, 1.54) is 0 Å². The molecule has 0 spiro atoms. The van der Waals surface area contributed by atoms with Crippen LogP contribution >= 0.6 is 11.6 Å². The normalized spacial score (nSPS) is 14.5. The van der Waals surface area contributed by atoms with Crippen molar-refractivity contribution in [2.24, 2.45) is 5.92 Å². The molecule has 0 aliphatic carbocycles. The van der Waals surface area contributed by atoms with E-state index in [0.29, 0.717) is 5.82 Å². The van der Waals surface area contributed by atoms with E-state index in [1.807, 2.05) is 44.2 Å². The maximum Gasteiger partial charge on any atom is 0.228 e. The van der Waals surface area contributed by atoms with Crippen LogP contribution in [0.3, 0.4) is 0 Å². The van der Waals surface area contributed by atoms with Crippen LogP contribution in [-0.4, -0.2) is 42.3 Å². The number of anilines is 3. The van der Waals surface area contributed by atoms with Gasteiger partial charge in [0.05, 0.1) is 0 Å². The van der Waals surface area contributed by atoms with E-state index in [2.05, 4.69) is 31.4 Å². The Balaban J connectivity index is 1.56. The van der Waals surface area contributed by atoms with Gasteiger partial charge in [0.15, 0.2) is 11.6 Å². The minimum absolute atomic E-state index is 0.0113. The lowest BCUT2D eigenvalue weighted by Crippen LogP contribution is -2.46. The van der Waals surface area contributed by atoms with Crippen molar-refractivity contribution < 1.29 is 4.79 Å². The summed E-state index contributed by atoms with van der Waals surface area (Å²) in [6, 6.07) is 11.7. The van der Waals surface area contributed by atoms with Gasteiger partial charge in [-0.15, -0.1) is 10.2 Å². The summed E-state index contributed by atoms with van der Waals surface area (Å²) in [6.45, 7) is 7.56. The molecule has 1 aliphatic heterocycles. The monoisotopic (exact) mass is 387 g/mol. The number of rotatable bonds is 6. The van der Waals surface area contributed by atoms with Crippen molar-refractivity contribution in [3.05, 3.63) is 41.4 Å². The summed E-state index contributed by atoms with van der Waals surface area (Å²) >= 11 is 6.09. The number of aromatic nitrogens is 2. The highest BCUT2D eigenvalue weighted by atomic mass is 35.5. The zero-order chi connectivity index (χ0) is 19.2. The third-order valence-electron chi connectivity index (χ3n) is 5.04. The predicted octanol–water partition coefficient (Wildman–Crippen LogP) is 3.83. The number of piperazine rings is 1. The Morgan fingerprint density at radius 3 is 2.37 bits per heavy atom. The van der Waals surface area contributed by atoms with Crippen molar-refractivity contribution in [3.8, 4) is 0 Å². The summed E-state index contributed by atoms with van der Waals surface area (Å²) in [6.07, 6.45) is 1.65. The van der Waals surface area contributed by atoms with Crippen molar-refractivity contribution in [1.29, 1.82) is 0 Å². The lowest BCUT2D eigenvalue weighted by atomic mass is 10.0. The number of amides is 1. The summed E-state index contributed by atoms with van der Waals surface area (Å²) in [5, 5.41) is 12.1. The van der Waals surface area contributed by atoms with E-state index in [9.17, 15) is 4.79 Å². The molecule has 3 rings (SSSR count). The van der Waals surface area contributed by atoms with E-state index in [-0.39, 0.29) is 11.8 Å². The average molecular weight is 388 g/mol. The Morgan fingerprint density at radius 1 is 1.07 bits per heavy atom. The molecule has 27 heavy (non-hydrogen) atoms. The van der Waals surface area contributed by atoms with Gasteiger partial charge in [0.1, 0.15) is 0 Å². The van der Waals surface area contributed by atoms with Crippen LogP contribution in [0.2, 0.25) is 5.02 Å². The number of hydrogen-bond donors (Lipinski definition) is 1. The zero-order valence-electron chi connectivity index (χ0n) is 15.9. The van der Waals surface area contributed by atoms with Gasteiger partial charge in [-0.1, -0.05) is 31.5 Å². The predicted molar refractivity (Wildman–Crippen MR) is 111 cm³/mol. The van der Waals surface area contributed by atoms with Crippen LogP contribution in [0.25, 0.3) is 0 Å². The Labute approximate surface area is 165 Å². The van der Waals surface area contributed by atoms with Gasteiger partial charge in [-0.3, -0.25) is 4.79 Å². The highest BCUT2D eigenvalue weighted by Gasteiger charge is 2.19. The summed E-state index contributed by atoms with van der Waals surface area (Å²) in [7, 11) is 0. The Kier molecular flexibility index (Phi) is 6.50. The Hall–Kier alpha value is -2.34. The van der Waals surface area contributed by atoms with Crippen molar-refractivity contribution in [2.45, 2.75) is 26.7 Å². The molecular formula is C20H26ClN5O. The molecule has 1 saturated heterocycles. The SMILES string of the molecule is CCC(CC)C(=O)Nc1ccc(N2CCN(c3cccc(Cl)c3)CC2)nn1. The molecule has 1 N–H and O–H groups in total. The quantitative estimate of drug-likeness (QED) is 0.816. The lowest BCUT2D eigenvalue weighted by molar-refractivity contribution is -0.120. The number of benzene rings is 1. The number of carbonyl (C=O) groups is 1. The van der Waals surface area contributed by atoms with E-state index in [4.69, 9.17) is 11.6 Å². The van der Waals surface area contributed by atoms with Gasteiger partial charge in [-0.25, -0.2) is 0 Å². The minimum atomic E-state index is 0.0113. The van der Waals surface area contributed by atoms with Crippen molar-refractivity contribution in [2.75, 3.05) is 41.3 Å². The van der Waals surface area contributed by atoms with Gasteiger partial charge in [-0.05, 0) is 43.2 Å². The van der Waals surface area contributed by atoms with Crippen molar-refractivity contribution in [1.82, 2.24) is 10.2 Å². The van der Waals surface area contributed by atoms with E-state index in [0.717, 1.165) is 55.5 Å². The Morgan fingerprint density at radius 2 is 1.78 bits per heavy atom. The molecule has 7 heteroatoms. The summed E-state index contributed by atoms with van der Waals surface area (Å²) in [5.41, 5.74) is 1.15. The van der Waals surface area contributed by atoms with Crippen LogP contribution in [0, 0.1) is 5.92 Å². The third-order valence-corrected chi connectivity index (χ3v) is 5.27. The fraction of sp³-hybridized carbons (Fsp3) is 0.450. The van der Waals surface area contributed by atoms with Crippen LogP contribution < -0.4 is 15.1 Å². The summed E-state index contributed by atoms with van der Waals surface area (Å²) in [5.74, 6) is 1.37. The van der Waals surface area contributed by atoms with E-state index in [1.54, 1.807) is 0 Å². The average Bonchev–Trinajstić information content (AvgIpc) is 2.70. The van der Waals surface area contributed by atoms with Gasteiger partial charge < -0.3 is 15.1 Å². The third kappa shape index (κ3) is 4.89. The molecule has 0 bridgehead atoms. The van der Waals surface area contributed by atoms with E-state index >= 15 is 0 Å². The molecule has 1 fully saturated rings. The highest BCUT2D eigenvalue weighted by Crippen LogP contribution is 2.22. The van der Waals surface area contributed by atoms with Gasteiger partial charge in [0.25, 0.3) is 0 Å². The van der Waals surface area contributed by atoms with Crippen LogP contribution in [0.4, 0.5) is 17.3 Å². The highest BCUT2D eigenvalue weighted by molar-refractivity contribution is 6.30. The molecule has 1 aliphatic rings. The molecule has 0 radical (unpaired) electrons. The topological polar surface area (TPSA) is 61.4 Å². The molecule has 1 aromatic carbocycles. The molecule has 0 saturated carbocycles. The second-order valence-corrected chi connectivity index (χ2v) is 7.17. The number of nitrogens with zero attached hydrogens (tertiary/aromatic N) is 4. The zero-order valence-corrected chi connectivity index (χ0v) is 16.6.